The highest BCUT2D eigenvalue weighted by atomic mass is 32.1. The van der Waals surface area contributed by atoms with Crippen molar-refractivity contribution >= 4 is 44.6 Å². The highest BCUT2D eigenvalue weighted by Gasteiger charge is 2.20. The van der Waals surface area contributed by atoms with Crippen LogP contribution in [0.2, 0.25) is 0 Å². The number of benzene rings is 2. The van der Waals surface area contributed by atoms with Gasteiger partial charge in [-0.15, -0.1) is 11.3 Å². The highest BCUT2D eigenvalue weighted by Crippen LogP contribution is 2.28. The van der Waals surface area contributed by atoms with Crippen molar-refractivity contribution in [3.8, 4) is 0 Å². The number of fused-ring (bicyclic) bond motifs is 1. The third-order valence-electron chi connectivity index (χ3n) is 5.46. The summed E-state index contributed by atoms with van der Waals surface area (Å²) in [6.45, 7) is 0.517. The van der Waals surface area contributed by atoms with Crippen LogP contribution in [0.25, 0.3) is 10.1 Å². The van der Waals surface area contributed by atoms with Crippen molar-refractivity contribution in [3.63, 3.8) is 0 Å². The maximum absolute atomic E-state index is 12.6. The zero-order valence-corrected chi connectivity index (χ0v) is 17.1. The molecule has 0 spiro atoms. The van der Waals surface area contributed by atoms with E-state index in [1.54, 1.807) is 12.1 Å². The van der Waals surface area contributed by atoms with Crippen molar-refractivity contribution in [2.45, 2.75) is 38.6 Å². The van der Waals surface area contributed by atoms with Crippen LogP contribution in [0, 0.1) is 5.92 Å². The molecule has 1 fully saturated rings. The van der Waals surface area contributed by atoms with Gasteiger partial charge in [-0.25, -0.2) is 0 Å². The van der Waals surface area contributed by atoms with Gasteiger partial charge in [0.1, 0.15) is 0 Å². The largest absolute Gasteiger partial charge is 0.397 e. The average Bonchev–Trinajstić information content (AvgIpc) is 3.18. The molecule has 1 saturated carbocycles. The number of hydrogen-bond acceptors (Lipinski definition) is 4. The van der Waals surface area contributed by atoms with Crippen molar-refractivity contribution in [1.29, 1.82) is 0 Å². The summed E-state index contributed by atoms with van der Waals surface area (Å²) in [4.78, 5) is 25.6. The molecule has 0 saturated heterocycles. The lowest BCUT2D eigenvalue weighted by molar-refractivity contribution is -0.126. The number of nitrogens with two attached hydrogens (primary N) is 1. The third-order valence-corrected chi connectivity index (χ3v) is 6.57. The molecule has 29 heavy (non-hydrogen) atoms. The topological polar surface area (TPSA) is 84.2 Å². The molecule has 4 rings (SSSR count). The molecule has 5 nitrogen and oxygen atoms in total. The van der Waals surface area contributed by atoms with Gasteiger partial charge >= 0.3 is 0 Å². The van der Waals surface area contributed by atoms with Crippen molar-refractivity contribution < 1.29 is 9.59 Å². The number of rotatable bonds is 5. The minimum Gasteiger partial charge on any atom is -0.397 e. The van der Waals surface area contributed by atoms with Crippen LogP contribution >= 0.6 is 11.3 Å². The molecule has 0 atom stereocenters. The van der Waals surface area contributed by atoms with Crippen LogP contribution in [0.4, 0.5) is 11.4 Å². The predicted octanol–water partition coefficient (Wildman–Crippen LogP) is 4.93. The van der Waals surface area contributed by atoms with E-state index in [0.29, 0.717) is 22.8 Å². The monoisotopic (exact) mass is 407 g/mol. The van der Waals surface area contributed by atoms with Crippen molar-refractivity contribution in [2.75, 3.05) is 11.1 Å². The number of nitrogen functional groups attached to an aromatic ring is 1. The normalized spacial score (nSPS) is 14.6. The standard InChI is InChI=1S/C23H25N3O2S/c24-18-8-4-5-9-19(18)26-23(28)21-13-17-12-15(10-11-20(17)29-21)14-25-22(27)16-6-2-1-3-7-16/h4-5,8-13,16H,1-3,6-7,14,24H2,(H,25,27)(H,26,28). The Morgan fingerprint density at radius 1 is 1.03 bits per heavy atom. The Morgan fingerprint density at radius 2 is 1.83 bits per heavy atom. The number of nitrogens with one attached hydrogen (secondary N) is 2. The first kappa shape index (κ1) is 19.5. The molecule has 6 heteroatoms. The SMILES string of the molecule is Nc1ccccc1NC(=O)c1cc2cc(CNC(=O)C3CCCCC3)ccc2s1. The van der Waals surface area contributed by atoms with Gasteiger partial charge in [-0.1, -0.05) is 37.5 Å². The van der Waals surface area contributed by atoms with E-state index < -0.39 is 0 Å². The van der Waals surface area contributed by atoms with Gasteiger partial charge in [0, 0.05) is 17.2 Å². The summed E-state index contributed by atoms with van der Waals surface area (Å²) in [5.74, 6) is 0.154. The summed E-state index contributed by atoms with van der Waals surface area (Å²) < 4.78 is 1.04. The molecule has 2 amide bonds. The van der Waals surface area contributed by atoms with Gasteiger partial charge in [-0.3, -0.25) is 9.59 Å². The molecule has 1 heterocycles. The molecule has 0 aliphatic heterocycles. The fraction of sp³-hybridized carbons (Fsp3) is 0.304. The lowest BCUT2D eigenvalue weighted by atomic mass is 9.88. The van der Waals surface area contributed by atoms with Gasteiger partial charge in [0.2, 0.25) is 5.91 Å². The summed E-state index contributed by atoms with van der Waals surface area (Å²) in [6.07, 6.45) is 5.54. The number of thiophene rings is 1. The minimum absolute atomic E-state index is 0.161. The van der Waals surface area contributed by atoms with E-state index in [-0.39, 0.29) is 17.7 Å². The first-order valence-electron chi connectivity index (χ1n) is 10.1. The second-order valence-corrected chi connectivity index (χ2v) is 8.66. The number of hydrogen-bond donors (Lipinski definition) is 3. The molecule has 0 radical (unpaired) electrons. The predicted molar refractivity (Wildman–Crippen MR) is 119 cm³/mol. The van der Waals surface area contributed by atoms with Gasteiger partial charge < -0.3 is 16.4 Å². The molecule has 0 bridgehead atoms. The van der Waals surface area contributed by atoms with Crippen LogP contribution in [0.3, 0.4) is 0 Å². The van der Waals surface area contributed by atoms with Gasteiger partial charge in [-0.05, 0) is 54.1 Å². The number of carbonyl (C=O) groups is 2. The summed E-state index contributed by atoms with van der Waals surface area (Å²) in [5.41, 5.74) is 8.10. The molecule has 150 valence electrons. The van der Waals surface area contributed by atoms with Gasteiger partial charge in [0.15, 0.2) is 0 Å². The highest BCUT2D eigenvalue weighted by molar-refractivity contribution is 7.20. The van der Waals surface area contributed by atoms with Crippen LogP contribution in [-0.4, -0.2) is 11.8 Å². The van der Waals surface area contributed by atoms with Gasteiger partial charge in [0.05, 0.1) is 16.3 Å². The molecule has 1 aromatic heterocycles. The van der Waals surface area contributed by atoms with E-state index in [0.717, 1.165) is 41.3 Å². The average molecular weight is 408 g/mol. The Labute approximate surface area is 174 Å². The molecule has 3 aromatic rings. The fourth-order valence-corrected chi connectivity index (χ4v) is 4.75. The Balaban J connectivity index is 1.42. The second-order valence-electron chi connectivity index (χ2n) is 7.58. The van der Waals surface area contributed by atoms with E-state index >= 15 is 0 Å². The molecular weight excluding hydrogens is 382 g/mol. The maximum Gasteiger partial charge on any atom is 0.265 e. The van der Waals surface area contributed by atoms with Crippen LogP contribution in [0.15, 0.2) is 48.5 Å². The Bertz CT molecular complexity index is 1040. The van der Waals surface area contributed by atoms with E-state index in [9.17, 15) is 9.59 Å². The van der Waals surface area contributed by atoms with E-state index in [1.165, 1.54) is 17.8 Å². The summed E-state index contributed by atoms with van der Waals surface area (Å²) in [7, 11) is 0. The van der Waals surface area contributed by atoms with Crippen LogP contribution < -0.4 is 16.4 Å². The first-order chi connectivity index (χ1) is 14.1. The molecule has 2 aromatic carbocycles. The maximum atomic E-state index is 12.6. The number of anilines is 2. The van der Waals surface area contributed by atoms with E-state index in [1.807, 2.05) is 36.4 Å². The summed E-state index contributed by atoms with van der Waals surface area (Å²) in [5, 5.41) is 6.95. The fourth-order valence-electron chi connectivity index (χ4n) is 3.81. The number of amides is 2. The van der Waals surface area contributed by atoms with E-state index in [4.69, 9.17) is 5.73 Å². The van der Waals surface area contributed by atoms with Crippen LogP contribution in [0.1, 0.15) is 47.3 Å². The second kappa shape index (κ2) is 8.66. The zero-order chi connectivity index (χ0) is 20.2. The van der Waals surface area contributed by atoms with Crippen molar-refractivity contribution in [2.24, 2.45) is 5.92 Å². The van der Waals surface area contributed by atoms with Crippen LogP contribution in [0.5, 0.6) is 0 Å². The Kier molecular flexibility index (Phi) is 5.81. The third kappa shape index (κ3) is 4.59. The zero-order valence-electron chi connectivity index (χ0n) is 16.2. The van der Waals surface area contributed by atoms with E-state index in [2.05, 4.69) is 10.6 Å². The molecule has 4 N–H and O–H groups in total. The van der Waals surface area contributed by atoms with Gasteiger partial charge in [-0.2, -0.15) is 0 Å². The van der Waals surface area contributed by atoms with Crippen molar-refractivity contribution in [1.82, 2.24) is 5.32 Å². The van der Waals surface area contributed by atoms with Gasteiger partial charge in [0.25, 0.3) is 5.91 Å². The Morgan fingerprint density at radius 3 is 2.62 bits per heavy atom. The lowest BCUT2D eigenvalue weighted by Gasteiger charge is -2.20. The first-order valence-corrected chi connectivity index (χ1v) is 10.9. The molecule has 1 aliphatic carbocycles. The lowest BCUT2D eigenvalue weighted by Crippen LogP contribution is -2.31. The molecule has 1 aliphatic rings. The number of para-hydroxylation sites is 2. The van der Waals surface area contributed by atoms with Crippen LogP contribution in [-0.2, 0) is 11.3 Å². The smallest absolute Gasteiger partial charge is 0.265 e. The molecular formula is C23H25N3O2S. The molecule has 0 unspecified atom stereocenters. The van der Waals surface area contributed by atoms with Crippen molar-refractivity contribution in [3.05, 3.63) is 59.0 Å². The Hall–Kier alpha value is -2.86. The summed E-state index contributed by atoms with van der Waals surface area (Å²) >= 11 is 1.45. The summed E-state index contributed by atoms with van der Waals surface area (Å²) in [6, 6.07) is 15.2. The minimum atomic E-state index is -0.170. The number of carbonyl (C=O) groups excluding carboxylic acids is 2. The quantitative estimate of drug-likeness (QED) is 0.524.